The molecule has 0 bridgehead atoms. The van der Waals surface area contributed by atoms with Crippen molar-refractivity contribution in [1.82, 2.24) is 14.8 Å². The van der Waals surface area contributed by atoms with E-state index in [0.29, 0.717) is 17.3 Å². The summed E-state index contributed by atoms with van der Waals surface area (Å²) in [5.41, 5.74) is 6.59. The minimum atomic E-state index is -0.586. The van der Waals surface area contributed by atoms with Crippen molar-refractivity contribution >= 4 is 22.5 Å². The molecule has 5 nitrogen and oxygen atoms in total. The molecule has 3 aromatic carbocycles. The summed E-state index contributed by atoms with van der Waals surface area (Å²) >= 11 is 6.25. The third-order valence-corrected chi connectivity index (χ3v) is 7.90. The van der Waals surface area contributed by atoms with Gasteiger partial charge in [-0.3, -0.25) is 14.8 Å². The standard InChI is InChI=1S/C31H32ClN3O2/c32-24-18-29-28(10-5-13-33-29)30(19-24)37-21-25(36)20-34-14-16-35(17-15-34)31-26-8-3-1-6-22(26)11-12-23-7-2-4-9-27(23)31/h1-10,13,18-19,25,31,36H,11-12,14-17,20-21H2. The van der Waals surface area contributed by atoms with Crippen LogP contribution in [0.1, 0.15) is 28.3 Å². The molecule has 0 amide bonds. The molecule has 0 radical (unpaired) electrons. The van der Waals surface area contributed by atoms with Crippen molar-refractivity contribution < 1.29 is 9.84 Å². The molecular formula is C31H32ClN3O2. The van der Waals surface area contributed by atoms with Gasteiger partial charge in [0.15, 0.2) is 0 Å². The Morgan fingerprint density at radius 3 is 2.27 bits per heavy atom. The monoisotopic (exact) mass is 513 g/mol. The number of fused-ring (bicyclic) bond motifs is 3. The lowest BCUT2D eigenvalue weighted by Crippen LogP contribution is -2.50. The first kappa shape index (κ1) is 24.4. The number of piperazine rings is 1. The van der Waals surface area contributed by atoms with Gasteiger partial charge in [0.25, 0.3) is 0 Å². The van der Waals surface area contributed by atoms with Gasteiger partial charge in [0, 0.05) is 49.3 Å². The smallest absolute Gasteiger partial charge is 0.130 e. The van der Waals surface area contributed by atoms with Crippen molar-refractivity contribution in [3.63, 3.8) is 0 Å². The number of ether oxygens (including phenoxy) is 1. The van der Waals surface area contributed by atoms with Crippen LogP contribution in [-0.4, -0.2) is 65.3 Å². The van der Waals surface area contributed by atoms with E-state index in [9.17, 15) is 5.11 Å². The molecule has 0 spiro atoms. The molecule has 190 valence electrons. The highest BCUT2D eigenvalue weighted by molar-refractivity contribution is 6.31. The van der Waals surface area contributed by atoms with E-state index in [2.05, 4.69) is 63.3 Å². The van der Waals surface area contributed by atoms with E-state index in [1.807, 2.05) is 18.2 Å². The Morgan fingerprint density at radius 2 is 1.57 bits per heavy atom. The average Bonchev–Trinajstić information content (AvgIpc) is 3.09. The maximum atomic E-state index is 10.8. The van der Waals surface area contributed by atoms with Gasteiger partial charge in [-0.2, -0.15) is 0 Å². The molecule has 2 heterocycles. The van der Waals surface area contributed by atoms with Gasteiger partial charge in [-0.25, -0.2) is 0 Å². The van der Waals surface area contributed by atoms with Crippen LogP contribution in [0.3, 0.4) is 0 Å². The number of aromatic nitrogens is 1. The molecule has 1 saturated heterocycles. The fourth-order valence-electron chi connectivity index (χ4n) is 5.86. The normalized spacial score (nSPS) is 17.7. The van der Waals surface area contributed by atoms with Gasteiger partial charge < -0.3 is 9.84 Å². The molecule has 1 unspecified atom stereocenters. The lowest BCUT2D eigenvalue weighted by Gasteiger charge is -2.40. The summed E-state index contributed by atoms with van der Waals surface area (Å²) < 4.78 is 6.00. The number of aryl methyl sites for hydroxylation is 2. The maximum Gasteiger partial charge on any atom is 0.130 e. The Bertz CT molecular complexity index is 1340. The number of aliphatic hydroxyl groups is 1. The number of β-amino-alcohol motifs (C(OH)–C–C–N with tert-alkyl or cyclic N) is 1. The summed E-state index contributed by atoms with van der Waals surface area (Å²) in [6.07, 6.45) is 3.33. The van der Waals surface area contributed by atoms with E-state index in [1.54, 1.807) is 12.3 Å². The highest BCUT2D eigenvalue weighted by atomic mass is 35.5. The van der Waals surface area contributed by atoms with Gasteiger partial charge in [-0.15, -0.1) is 0 Å². The zero-order valence-corrected chi connectivity index (χ0v) is 21.6. The van der Waals surface area contributed by atoms with Crippen LogP contribution in [0.15, 0.2) is 79.0 Å². The molecule has 1 atom stereocenters. The van der Waals surface area contributed by atoms with Crippen molar-refractivity contribution in [2.45, 2.75) is 25.0 Å². The first-order chi connectivity index (χ1) is 18.2. The van der Waals surface area contributed by atoms with Gasteiger partial charge >= 0.3 is 0 Å². The van der Waals surface area contributed by atoms with Crippen molar-refractivity contribution in [2.75, 3.05) is 39.3 Å². The Hall–Kier alpha value is -2.96. The molecule has 0 saturated carbocycles. The fourth-order valence-corrected chi connectivity index (χ4v) is 6.07. The molecule has 2 aliphatic rings. The van der Waals surface area contributed by atoms with E-state index in [0.717, 1.165) is 49.9 Å². The van der Waals surface area contributed by atoms with Crippen LogP contribution in [0, 0.1) is 0 Å². The number of aliphatic hydroxyl groups excluding tert-OH is 1. The summed E-state index contributed by atoms with van der Waals surface area (Å²) in [6.45, 7) is 4.57. The number of halogens is 1. The molecule has 1 N–H and O–H groups in total. The summed E-state index contributed by atoms with van der Waals surface area (Å²) in [5.74, 6) is 0.658. The topological polar surface area (TPSA) is 48.8 Å². The van der Waals surface area contributed by atoms with Crippen LogP contribution in [-0.2, 0) is 12.8 Å². The Labute approximate surface area is 223 Å². The molecule has 6 heteroatoms. The van der Waals surface area contributed by atoms with Crippen molar-refractivity contribution in [3.8, 4) is 5.75 Å². The van der Waals surface area contributed by atoms with Crippen LogP contribution >= 0.6 is 11.6 Å². The van der Waals surface area contributed by atoms with E-state index in [4.69, 9.17) is 16.3 Å². The predicted octanol–water partition coefficient (Wildman–Crippen LogP) is 5.13. The first-order valence-corrected chi connectivity index (χ1v) is 13.5. The second-order valence-corrected chi connectivity index (χ2v) is 10.5. The average molecular weight is 514 g/mol. The maximum absolute atomic E-state index is 10.8. The van der Waals surface area contributed by atoms with Crippen molar-refractivity contribution in [3.05, 3.63) is 106 Å². The number of hydrogen-bond donors (Lipinski definition) is 1. The lowest BCUT2D eigenvalue weighted by atomic mass is 9.92. The summed E-state index contributed by atoms with van der Waals surface area (Å²) in [5, 5.41) is 12.3. The van der Waals surface area contributed by atoms with Crippen molar-refractivity contribution in [1.29, 1.82) is 0 Å². The number of pyridine rings is 1. The van der Waals surface area contributed by atoms with Crippen molar-refractivity contribution in [2.24, 2.45) is 0 Å². The molecule has 6 rings (SSSR count). The third kappa shape index (κ3) is 5.23. The molecule has 1 aliphatic carbocycles. The zero-order valence-electron chi connectivity index (χ0n) is 20.9. The predicted molar refractivity (Wildman–Crippen MR) is 148 cm³/mol. The molecule has 1 aromatic heterocycles. The number of benzene rings is 3. The zero-order chi connectivity index (χ0) is 25.2. The van der Waals surface area contributed by atoms with Crippen LogP contribution in [0.25, 0.3) is 10.9 Å². The fraction of sp³-hybridized carbons (Fsp3) is 0.323. The lowest BCUT2D eigenvalue weighted by molar-refractivity contribution is 0.0403. The highest BCUT2D eigenvalue weighted by Crippen LogP contribution is 2.37. The van der Waals surface area contributed by atoms with Gasteiger partial charge in [0.1, 0.15) is 18.5 Å². The number of nitrogens with zero attached hydrogens (tertiary/aromatic N) is 3. The molecule has 4 aromatic rings. The molecular weight excluding hydrogens is 482 g/mol. The second-order valence-electron chi connectivity index (χ2n) is 10.1. The molecule has 1 fully saturated rings. The third-order valence-electron chi connectivity index (χ3n) is 7.68. The van der Waals surface area contributed by atoms with E-state index in [-0.39, 0.29) is 12.6 Å². The number of hydrogen-bond acceptors (Lipinski definition) is 5. The van der Waals surface area contributed by atoms with E-state index in [1.165, 1.54) is 22.3 Å². The summed E-state index contributed by atoms with van der Waals surface area (Å²) in [7, 11) is 0. The second kappa shape index (κ2) is 10.8. The minimum Gasteiger partial charge on any atom is -0.490 e. The van der Waals surface area contributed by atoms with Crippen LogP contribution in [0.2, 0.25) is 5.02 Å². The van der Waals surface area contributed by atoms with Gasteiger partial charge in [-0.1, -0.05) is 60.1 Å². The van der Waals surface area contributed by atoms with Crippen LogP contribution in [0.5, 0.6) is 5.75 Å². The Kier molecular flexibility index (Phi) is 7.12. The number of rotatable bonds is 6. The molecule has 1 aliphatic heterocycles. The van der Waals surface area contributed by atoms with E-state index >= 15 is 0 Å². The van der Waals surface area contributed by atoms with E-state index < -0.39 is 6.10 Å². The highest BCUT2D eigenvalue weighted by Gasteiger charge is 2.31. The first-order valence-electron chi connectivity index (χ1n) is 13.1. The van der Waals surface area contributed by atoms with Gasteiger partial charge in [0.2, 0.25) is 0 Å². The summed E-state index contributed by atoms with van der Waals surface area (Å²) in [6, 6.07) is 25.6. The Morgan fingerprint density at radius 1 is 0.892 bits per heavy atom. The van der Waals surface area contributed by atoms with Crippen LogP contribution < -0.4 is 4.74 Å². The quantitative estimate of drug-likeness (QED) is 0.387. The van der Waals surface area contributed by atoms with Gasteiger partial charge in [0.05, 0.1) is 11.6 Å². The van der Waals surface area contributed by atoms with Gasteiger partial charge in [-0.05, 0) is 59.4 Å². The molecule has 37 heavy (non-hydrogen) atoms. The SMILES string of the molecule is OC(COc1cc(Cl)cc2ncccc12)CN1CCN(C2c3ccccc3CCc3ccccc32)CC1. The largest absolute Gasteiger partial charge is 0.490 e. The van der Waals surface area contributed by atoms with Crippen LogP contribution in [0.4, 0.5) is 0 Å². The summed E-state index contributed by atoms with van der Waals surface area (Å²) in [4.78, 5) is 9.33. The Balaban J connectivity index is 1.10. The minimum absolute atomic E-state index is 0.216.